The monoisotopic (exact) mass is 338 g/mol. The molecule has 0 atom stereocenters. The number of aryl methyl sites for hydroxylation is 5. The van der Waals surface area contributed by atoms with Crippen LogP contribution >= 0.6 is 0 Å². The van der Waals surface area contributed by atoms with E-state index in [1.807, 2.05) is 26.8 Å². The van der Waals surface area contributed by atoms with Gasteiger partial charge in [-0.05, 0) is 51.8 Å². The lowest BCUT2D eigenvalue weighted by Crippen LogP contribution is -2.31. The predicted octanol–water partition coefficient (Wildman–Crippen LogP) is 1.55. The molecule has 1 heterocycles. The van der Waals surface area contributed by atoms with E-state index in [1.54, 1.807) is 26.0 Å². The summed E-state index contributed by atoms with van der Waals surface area (Å²) in [5.41, 5.74) is 3.92. The van der Waals surface area contributed by atoms with Gasteiger partial charge in [0.15, 0.2) is 0 Å². The van der Waals surface area contributed by atoms with Crippen LogP contribution in [0, 0.1) is 40.0 Å². The fourth-order valence-electron chi connectivity index (χ4n) is 2.37. The molecule has 0 unspecified atom stereocenters. The Labute approximate surface area is 136 Å². The van der Waals surface area contributed by atoms with Gasteiger partial charge in [0.05, 0.1) is 4.90 Å². The summed E-state index contributed by atoms with van der Waals surface area (Å²) in [6.07, 6.45) is 0. The molecule has 0 aliphatic carbocycles. The molecule has 0 radical (unpaired) electrons. The van der Waals surface area contributed by atoms with Gasteiger partial charge in [-0.3, -0.25) is 9.96 Å². The molecule has 1 aromatic carbocycles. The standard InChI is InChI=1S/C9H12O3S.C6H10N4/c1-6-4-7(2)9(8(3)5-6)13(10,11)12;1-4-3-5(2)10(8)6(7)9-4/h4-5H,1-3H3,(H,10,11,12);3,7H,8H2,1-2H3. The normalized spacial score (nSPS) is 10.9. The van der Waals surface area contributed by atoms with E-state index in [0.29, 0.717) is 11.1 Å². The van der Waals surface area contributed by atoms with Crippen LogP contribution in [0.25, 0.3) is 0 Å². The summed E-state index contributed by atoms with van der Waals surface area (Å²) >= 11 is 0. The highest BCUT2D eigenvalue weighted by molar-refractivity contribution is 7.86. The second-order valence-electron chi connectivity index (χ2n) is 5.44. The SMILES string of the molecule is Cc1cc(C)c(S(=O)(=O)O)c(C)c1.Cc1cc(C)n(N)c(=N)n1. The number of nitrogens with two attached hydrogens (primary N) is 1. The second-order valence-corrected chi connectivity index (χ2v) is 6.79. The molecule has 8 heteroatoms. The number of nitrogens with one attached hydrogen (secondary N) is 1. The minimum atomic E-state index is -4.08. The minimum Gasteiger partial charge on any atom is -0.336 e. The zero-order valence-corrected chi connectivity index (χ0v) is 14.7. The molecule has 0 aliphatic heterocycles. The van der Waals surface area contributed by atoms with Crippen molar-refractivity contribution < 1.29 is 13.0 Å². The Morgan fingerprint density at radius 3 is 1.96 bits per heavy atom. The molecule has 0 bridgehead atoms. The van der Waals surface area contributed by atoms with Crippen molar-refractivity contribution in [2.45, 2.75) is 39.5 Å². The van der Waals surface area contributed by atoms with Gasteiger partial charge in [-0.1, -0.05) is 17.7 Å². The van der Waals surface area contributed by atoms with Gasteiger partial charge in [0.25, 0.3) is 10.1 Å². The molecule has 2 aromatic rings. The number of nitrogens with zero attached hydrogens (tertiary/aromatic N) is 2. The number of hydrogen-bond donors (Lipinski definition) is 3. The third-order valence-corrected chi connectivity index (χ3v) is 4.33. The maximum atomic E-state index is 10.9. The zero-order chi connectivity index (χ0) is 17.9. The van der Waals surface area contributed by atoms with Crippen molar-refractivity contribution in [1.82, 2.24) is 9.66 Å². The van der Waals surface area contributed by atoms with Crippen molar-refractivity contribution in [1.29, 1.82) is 5.41 Å². The van der Waals surface area contributed by atoms with E-state index in [4.69, 9.17) is 15.8 Å². The van der Waals surface area contributed by atoms with Crippen LogP contribution in [-0.2, 0) is 10.1 Å². The van der Waals surface area contributed by atoms with E-state index >= 15 is 0 Å². The van der Waals surface area contributed by atoms with Crippen molar-refractivity contribution >= 4 is 10.1 Å². The first-order valence-corrected chi connectivity index (χ1v) is 8.29. The lowest BCUT2D eigenvalue weighted by Gasteiger charge is -2.07. The first-order chi connectivity index (χ1) is 10.4. The number of hydrogen-bond acceptors (Lipinski definition) is 5. The third kappa shape index (κ3) is 4.90. The molecular weight excluding hydrogens is 316 g/mol. The van der Waals surface area contributed by atoms with Crippen LogP contribution in [-0.4, -0.2) is 22.6 Å². The van der Waals surface area contributed by atoms with Crippen LogP contribution in [0.2, 0.25) is 0 Å². The molecule has 23 heavy (non-hydrogen) atoms. The molecule has 4 N–H and O–H groups in total. The maximum absolute atomic E-state index is 10.9. The number of rotatable bonds is 1. The molecule has 126 valence electrons. The van der Waals surface area contributed by atoms with Gasteiger partial charge in [0.1, 0.15) is 0 Å². The number of aromatic nitrogens is 2. The van der Waals surface area contributed by atoms with Crippen LogP contribution in [0.1, 0.15) is 28.1 Å². The van der Waals surface area contributed by atoms with Crippen LogP contribution < -0.4 is 11.5 Å². The molecule has 2 rings (SSSR count). The van der Waals surface area contributed by atoms with E-state index in [1.165, 1.54) is 4.68 Å². The summed E-state index contributed by atoms with van der Waals surface area (Å²) in [6.45, 7) is 8.90. The predicted molar refractivity (Wildman–Crippen MR) is 88.2 cm³/mol. The Kier molecular flexibility index (Phi) is 5.68. The minimum absolute atomic E-state index is 0.0260. The molecule has 0 saturated heterocycles. The smallest absolute Gasteiger partial charge is 0.295 e. The molecule has 0 aliphatic rings. The zero-order valence-electron chi connectivity index (χ0n) is 13.9. The van der Waals surface area contributed by atoms with Gasteiger partial charge in [-0.15, -0.1) is 0 Å². The van der Waals surface area contributed by atoms with Gasteiger partial charge in [-0.2, -0.15) is 8.42 Å². The average molecular weight is 338 g/mol. The van der Waals surface area contributed by atoms with Crippen molar-refractivity contribution in [3.8, 4) is 0 Å². The van der Waals surface area contributed by atoms with Gasteiger partial charge in [0.2, 0.25) is 5.62 Å². The highest BCUT2D eigenvalue weighted by atomic mass is 32.2. The molecule has 1 aromatic heterocycles. The number of benzene rings is 1. The van der Waals surface area contributed by atoms with Crippen LogP contribution in [0.5, 0.6) is 0 Å². The highest BCUT2D eigenvalue weighted by Gasteiger charge is 2.15. The molecule has 0 spiro atoms. The fraction of sp³-hybridized carbons (Fsp3) is 0.333. The molecule has 7 nitrogen and oxygen atoms in total. The van der Waals surface area contributed by atoms with Gasteiger partial charge in [0, 0.05) is 11.4 Å². The van der Waals surface area contributed by atoms with E-state index in [9.17, 15) is 8.42 Å². The van der Waals surface area contributed by atoms with E-state index < -0.39 is 10.1 Å². The Balaban J connectivity index is 0.000000238. The van der Waals surface area contributed by atoms with Gasteiger partial charge in [-0.25, -0.2) is 9.66 Å². The lowest BCUT2D eigenvalue weighted by molar-refractivity contribution is 0.482. The van der Waals surface area contributed by atoms with Gasteiger partial charge >= 0.3 is 0 Å². The van der Waals surface area contributed by atoms with Crippen molar-refractivity contribution in [3.63, 3.8) is 0 Å². The third-order valence-electron chi connectivity index (χ3n) is 3.17. The highest BCUT2D eigenvalue weighted by Crippen LogP contribution is 2.20. The van der Waals surface area contributed by atoms with E-state index in [2.05, 4.69) is 4.98 Å². The molecule has 0 amide bonds. The average Bonchev–Trinajstić information content (AvgIpc) is 2.33. The van der Waals surface area contributed by atoms with Crippen LogP contribution in [0.15, 0.2) is 23.1 Å². The Hall–Kier alpha value is -2.19. The summed E-state index contributed by atoms with van der Waals surface area (Å²) in [7, 11) is -4.08. The quantitative estimate of drug-likeness (QED) is 0.538. The molecule has 0 saturated carbocycles. The van der Waals surface area contributed by atoms with Crippen LogP contribution in [0.3, 0.4) is 0 Å². The second kappa shape index (κ2) is 6.93. The van der Waals surface area contributed by atoms with Crippen molar-refractivity contribution in [2.75, 3.05) is 5.84 Å². The largest absolute Gasteiger partial charge is 0.336 e. The van der Waals surface area contributed by atoms with Gasteiger partial charge < -0.3 is 5.84 Å². The Bertz CT molecular complexity index is 863. The summed E-state index contributed by atoms with van der Waals surface area (Å²) in [5, 5.41) is 7.23. The first-order valence-electron chi connectivity index (χ1n) is 6.85. The van der Waals surface area contributed by atoms with Crippen molar-refractivity contribution in [3.05, 3.63) is 51.9 Å². The summed E-state index contributed by atoms with van der Waals surface area (Å²) in [4.78, 5) is 3.86. The molecular formula is C15H22N4O3S. The number of nitrogen functional groups attached to an aromatic ring is 1. The maximum Gasteiger partial charge on any atom is 0.295 e. The summed E-state index contributed by atoms with van der Waals surface area (Å²) < 4.78 is 32.0. The van der Waals surface area contributed by atoms with E-state index in [-0.39, 0.29) is 10.5 Å². The first kappa shape index (κ1) is 18.9. The lowest BCUT2D eigenvalue weighted by atomic mass is 10.1. The Morgan fingerprint density at radius 2 is 1.57 bits per heavy atom. The van der Waals surface area contributed by atoms with Crippen molar-refractivity contribution in [2.24, 2.45) is 0 Å². The van der Waals surface area contributed by atoms with Crippen LogP contribution in [0.4, 0.5) is 0 Å². The summed E-state index contributed by atoms with van der Waals surface area (Å²) in [6, 6.07) is 5.30. The van der Waals surface area contributed by atoms with E-state index in [0.717, 1.165) is 17.0 Å². The fourth-order valence-corrected chi connectivity index (χ4v) is 3.30. The topological polar surface area (TPSA) is 122 Å². The summed E-state index contributed by atoms with van der Waals surface area (Å²) in [5.74, 6) is 5.42. The molecule has 0 fully saturated rings. The Morgan fingerprint density at radius 1 is 1.09 bits per heavy atom.